The van der Waals surface area contributed by atoms with Gasteiger partial charge in [0, 0.05) is 30.1 Å². The minimum absolute atomic E-state index is 0.189. The molecule has 19 heavy (non-hydrogen) atoms. The largest absolute Gasteiger partial charge is 0.340 e. The summed E-state index contributed by atoms with van der Waals surface area (Å²) in [5, 5.41) is 0. The Morgan fingerprint density at radius 1 is 1.21 bits per heavy atom. The summed E-state index contributed by atoms with van der Waals surface area (Å²) in [4.78, 5) is 15.1. The summed E-state index contributed by atoms with van der Waals surface area (Å²) in [5.41, 5.74) is 5.77. The van der Waals surface area contributed by atoms with Crippen LogP contribution in [-0.4, -0.2) is 40.9 Å². The molecule has 110 valence electrons. The fourth-order valence-electron chi connectivity index (χ4n) is 3.44. The lowest BCUT2D eigenvalue weighted by Gasteiger charge is -2.42. The number of rotatable bonds is 2. The maximum Gasteiger partial charge on any atom is 0.230 e. The second-order valence-electron chi connectivity index (χ2n) is 6.73. The molecule has 1 aliphatic heterocycles. The van der Waals surface area contributed by atoms with Gasteiger partial charge in [0.25, 0.3) is 0 Å². The van der Waals surface area contributed by atoms with E-state index >= 15 is 0 Å². The molecule has 0 atom stereocenters. The highest BCUT2D eigenvalue weighted by molar-refractivity contribution is 8.00. The van der Waals surface area contributed by atoms with Crippen molar-refractivity contribution in [2.24, 2.45) is 11.1 Å². The van der Waals surface area contributed by atoms with Crippen LogP contribution < -0.4 is 5.73 Å². The average Bonchev–Trinajstić information content (AvgIpc) is 2.63. The predicted molar refractivity (Wildman–Crippen MR) is 82.3 cm³/mol. The van der Waals surface area contributed by atoms with Crippen LogP contribution in [0.2, 0.25) is 0 Å². The molecule has 1 aliphatic carbocycles. The van der Waals surface area contributed by atoms with Crippen molar-refractivity contribution >= 4 is 17.7 Å². The van der Waals surface area contributed by atoms with Gasteiger partial charge in [-0.2, -0.15) is 11.8 Å². The van der Waals surface area contributed by atoms with Gasteiger partial charge in [0.05, 0.1) is 5.41 Å². The van der Waals surface area contributed by atoms with Gasteiger partial charge < -0.3 is 10.6 Å². The van der Waals surface area contributed by atoms with E-state index in [4.69, 9.17) is 5.73 Å². The molecule has 3 nitrogen and oxygen atoms in total. The number of amides is 1. The zero-order valence-corrected chi connectivity index (χ0v) is 13.2. The molecule has 1 heterocycles. The number of hydrogen-bond acceptors (Lipinski definition) is 3. The predicted octanol–water partition coefficient (Wildman–Crippen LogP) is 2.64. The zero-order valence-electron chi connectivity index (χ0n) is 12.4. The van der Waals surface area contributed by atoms with Crippen LogP contribution in [0.15, 0.2) is 0 Å². The highest BCUT2D eigenvalue weighted by Crippen LogP contribution is 2.38. The summed E-state index contributed by atoms with van der Waals surface area (Å²) >= 11 is 1.97. The summed E-state index contributed by atoms with van der Waals surface area (Å²) in [6, 6.07) is 0. The topological polar surface area (TPSA) is 46.3 Å². The molecule has 2 N–H and O–H groups in total. The van der Waals surface area contributed by atoms with Gasteiger partial charge in [-0.15, -0.1) is 0 Å². The standard InChI is InChI=1S/C15H28N2OS/c1-14(2)12-17(9-10-19-14)13(18)15(11-16)7-5-3-4-6-8-15/h3-12,16H2,1-2H3. The molecule has 1 amide bonds. The molecule has 1 saturated heterocycles. The smallest absolute Gasteiger partial charge is 0.230 e. The Labute approximate surface area is 121 Å². The van der Waals surface area contributed by atoms with E-state index in [1.165, 1.54) is 12.8 Å². The number of hydrogen-bond donors (Lipinski definition) is 1. The van der Waals surface area contributed by atoms with Crippen molar-refractivity contribution in [1.29, 1.82) is 0 Å². The molecule has 0 aromatic heterocycles. The lowest BCUT2D eigenvalue weighted by Crippen LogP contribution is -2.54. The van der Waals surface area contributed by atoms with Crippen LogP contribution in [0.5, 0.6) is 0 Å². The van der Waals surface area contributed by atoms with Gasteiger partial charge in [-0.05, 0) is 26.7 Å². The first-order chi connectivity index (χ1) is 8.99. The third-order valence-corrected chi connectivity index (χ3v) is 5.92. The van der Waals surface area contributed by atoms with Crippen LogP contribution in [0, 0.1) is 5.41 Å². The van der Waals surface area contributed by atoms with E-state index in [1.54, 1.807) is 0 Å². The molecule has 0 radical (unpaired) electrons. The first-order valence-electron chi connectivity index (χ1n) is 7.63. The van der Waals surface area contributed by atoms with Crippen LogP contribution in [0.25, 0.3) is 0 Å². The van der Waals surface area contributed by atoms with Crippen LogP contribution in [0.4, 0.5) is 0 Å². The number of nitrogens with zero attached hydrogens (tertiary/aromatic N) is 1. The summed E-state index contributed by atoms with van der Waals surface area (Å²) in [6.07, 6.45) is 6.83. The van der Waals surface area contributed by atoms with Gasteiger partial charge in [0.15, 0.2) is 0 Å². The SMILES string of the molecule is CC1(C)CN(C(=O)C2(CN)CCCCCC2)CCS1. The van der Waals surface area contributed by atoms with E-state index in [0.29, 0.717) is 12.5 Å². The molecule has 1 saturated carbocycles. The van der Waals surface area contributed by atoms with E-state index in [1.807, 2.05) is 11.8 Å². The first kappa shape index (κ1) is 15.2. The molecule has 2 aliphatic rings. The average molecular weight is 284 g/mol. The summed E-state index contributed by atoms with van der Waals surface area (Å²) in [6.45, 7) is 6.77. The molecule has 2 fully saturated rings. The molecular formula is C15H28N2OS. The van der Waals surface area contributed by atoms with Crippen molar-refractivity contribution in [3.8, 4) is 0 Å². The molecule has 0 bridgehead atoms. The molecular weight excluding hydrogens is 256 g/mol. The molecule has 4 heteroatoms. The van der Waals surface area contributed by atoms with E-state index in [9.17, 15) is 4.79 Å². The number of thioether (sulfide) groups is 1. The Balaban J connectivity index is 2.11. The van der Waals surface area contributed by atoms with Gasteiger partial charge in [0.2, 0.25) is 5.91 Å². The third-order valence-electron chi connectivity index (χ3n) is 4.62. The monoisotopic (exact) mass is 284 g/mol. The van der Waals surface area contributed by atoms with Gasteiger partial charge in [-0.3, -0.25) is 4.79 Å². The second kappa shape index (κ2) is 6.04. The van der Waals surface area contributed by atoms with Crippen molar-refractivity contribution in [2.45, 2.75) is 57.1 Å². The van der Waals surface area contributed by atoms with Crippen molar-refractivity contribution in [3.63, 3.8) is 0 Å². The maximum atomic E-state index is 13.0. The molecule has 0 aromatic rings. The fraction of sp³-hybridized carbons (Fsp3) is 0.933. The summed E-state index contributed by atoms with van der Waals surface area (Å²) < 4.78 is 0.189. The number of carbonyl (C=O) groups excluding carboxylic acids is 1. The van der Waals surface area contributed by atoms with Crippen molar-refractivity contribution < 1.29 is 4.79 Å². The van der Waals surface area contributed by atoms with Crippen LogP contribution >= 0.6 is 11.8 Å². The minimum atomic E-state index is -0.255. The third kappa shape index (κ3) is 3.46. The Morgan fingerprint density at radius 3 is 2.37 bits per heavy atom. The Kier molecular flexibility index (Phi) is 4.83. The number of nitrogens with two attached hydrogens (primary N) is 1. The maximum absolute atomic E-state index is 13.0. The van der Waals surface area contributed by atoms with Gasteiger partial charge in [0.1, 0.15) is 0 Å². The fourth-order valence-corrected chi connectivity index (χ4v) is 4.55. The van der Waals surface area contributed by atoms with E-state index < -0.39 is 0 Å². The first-order valence-corrected chi connectivity index (χ1v) is 8.61. The highest BCUT2D eigenvalue weighted by atomic mass is 32.2. The lowest BCUT2D eigenvalue weighted by molar-refractivity contribution is -0.142. The molecule has 0 unspecified atom stereocenters. The number of carbonyl (C=O) groups is 1. The van der Waals surface area contributed by atoms with Crippen molar-refractivity contribution in [1.82, 2.24) is 4.90 Å². The second-order valence-corrected chi connectivity index (χ2v) is 8.54. The van der Waals surface area contributed by atoms with E-state index in [0.717, 1.165) is 44.5 Å². The lowest BCUT2D eigenvalue weighted by atomic mass is 9.78. The minimum Gasteiger partial charge on any atom is -0.340 e. The van der Waals surface area contributed by atoms with E-state index in [2.05, 4.69) is 18.7 Å². The Bertz CT molecular complexity index is 322. The van der Waals surface area contributed by atoms with Gasteiger partial charge in [-0.25, -0.2) is 0 Å². The molecule has 2 rings (SSSR count). The Morgan fingerprint density at radius 2 is 1.84 bits per heavy atom. The van der Waals surface area contributed by atoms with E-state index in [-0.39, 0.29) is 10.2 Å². The molecule has 0 spiro atoms. The zero-order chi connectivity index (χ0) is 13.9. The normalized spacial score (nSPS) is 26.8. The van der Waals surface area contributed by atoms with Gasteiger partial charge >= 0.3 is 0 Å². The quantitative estimate of drug-likeness (QED) is 0.793. The summed E-state index contributed by atoms with van der Waals surface area (Å²) in [5.74, 6) is 1.39. The highest BCUT2D eigenvalue weighted by Gasteiger charge is 2.42. The van der Waals surface area contributed by atoms with Crippen molar-refractivity contribution in [2.75, 3.05) is 25.4 Å². The van der Waals surface area contributed by atoms with Crippen LogP contribution in [-0.2, 0) is 4.79 Å². The van der Waals surface area contributed by atoms with Crippen LogP contribution in [0.3, 0.4) is 0 Å². The molecule has 0 aromatic carbocycles. The van der Waals surface area contributed by atoms with Crippen LogP contribution in [0.1, 0.15) is 52.4 Å². The Hall–Kier alpha value is -0.220. The summed E-state index contributed by atoms with van der Waals surface area (Å²) in [7, 11) is 0. The van der Waals surface area contributed by atoms with Crippen molar-refractivity contribution in [3.05, 3.63) is 0 Å². The van der Waals surface area contributed by atoms with Gasteiger partial charge in [-0.1, -0.05) is 25.7 Å².